The lowest BCUT2D eigenvalue weighted by Crippen LogP contribution is -2.20. The van der Waals surface area contributed by atoms with Crippen LogP contribution in [-0.2, 0) is 20.6 Å². The van der Waals surface area contributed by atoms with Crippen LogP contribution in [-0.4, -0.2) is 48.8 Å². The first kappa shape index (κ1) is 23.7. The summed E-state index contributed by atoms with van der Waals surface area (Å²) < 4.78 is 33.2. The molecule has 0 bridgehead atoms. The van der Waals surface area contributed by atoms with E-state index in [0.29, 0.717) is 23.0 Å². The summed E-state index contributed by atoms with van der Waals surface area (Å²) in [6, 6.07) is 3.86. The van der Waals surface area contributed by atoms with Gasteiger partial charge in [0.05, 0.1) is 35.5 Å². The molecule has 0 radical (unpaired) electrons. The van der Waals surface area contributed by atoms with E-state index >= 15 is 0 Å². The first-order valence-corrected chi connectivity index (χ1v) is 10.0. The zero-order valence-electron chi connectivity index (χ0n) is 19.3. The predicted octanol–water partition coefficient (Wildman–Crippen LogP) is 4.69. The molecule has 0 fully saturated rings. The molecule has 0 aliphatic heterocycles. The van der Waals surface area contributed by atoms with Crippen LogP contribution in [0.15, 0.2) is 46.9 Å². The molecule has 1 aliphatic rings. The molecule has 0 heterocycles. The minimum atomic E-state index is -0.191. The van der Waals surface area contributed by atoms with Gasteiger partial charge < -0.3 is 28.4 Å². The molecule has 1 unspecified atom stereocenters. The number of rotatable bonds is 10. The molecule has 0 aromatic heterocycles. The quantitative estimate of drug-likeness (QED) is 0.550. The molecule has 2 rings (SSSR count). The number of methoxy groups -OCH3 is 6. The standard InChI is InChI=1S/C24H34O6/c1-9-17(18-12-22(28-6)24(30-8)14-20(18)26-4)15(2)10-16-11-21(27-5)23(29-7)13-19(16)25-3/h11-15,20H,9-10H2,1-8H3/b18-17-/t15-,20?/m1/s1. The third kappa shape index (κ3) is 4.93. The first-order valence-electron chi connectivity index (χ1n) is 10.0. The van der Waals surface area contributed by atoms with E-state index in [0.717, 1.165) is 29.7 Å². The van der Waals surface area contributed by atoms with Crippen molar-refractivity contribution in [2.45, 2.75) is 32.8 Å². The highest BCUT2D eigenvalue weighted by Crippen LogP contribution is 2.38. The molecule has 166 valence electrons. The first-order chi connectivity index (χ1) is 14.5. The van der Waals surface area contributed by atoms with Gasteiger partial charge in [-0.25, -0.2) is 0 Å². The van der Waals surface area contributed by atoms with Crippen LogP contribution >= 0.6 is 0 Å². The highest BCUT2D eigenvalue weighted by Gasteiger charge is 2.26. The van der Waals surface area contributed by atoms with Crippen LogP contribution in [0.5, 0.6) is 17.2 Å². The molecule has 1 aromatic rings. The summed E-state index contributed by atoms with van der Waals surface area (Å²) in [5.41, 5.74) is 3.45. The molecule has 0 N–H and O–H groups in total. The summed E-state index contributed by atoms with van der Waals surface area (Å²) in [5.74, 6) is 3.73. The molecule has 1 aliphatic carbocycles. The van der Waals surface area contributed by atoms with E-state index in [4.69, 9.17) is 28.4 Å². The van der Waals surface area contributed by atoms with Crippen LogP contribution < -0.4 is 14.2 Å². The molecular weight excluding hydrogens is 384 g/mol. The van der Waals surface area contributed by atoms with Gasteiger partial charge in [0.15, 0.2) is 23.0 Å². The predicted molar refractivity (Wildman–Crippen MR) is 117 cm³/mol. The zero-order chi connectivity index (χ0) is 22.3. The van der Waals surface area contributed by atoms with E-state index in [1.165, 1.54) is 5.57 Å². The van der Waals surface area contributed by atoms with Crippen LogP contribution in [0.1, 0.15) is 25.8 Å². The van der Waals surface area contributed by atoms with E-state index in [2.05, 4.69) is 13.8 Å². The topological polar surface area (TPSA) is 55.4 Å². The van der Waals surface area contributed by atoms with Crippen LogP contribution in [0.4, 0.5) is 0 Å². The van der Waals surface area contributed by atoms with Gasteiger partial charge in [0, 0.05) is 13.2 Å². The fraction of sp³-hybridized carbons (Fsp3) is 0.500. The van der Waals surface area contributed by atoms with E-state index < -0.39 is 0 Å². The Balaban J connectivity index is 2.46. The summed E-state index contributed by atoms with van der Waals surface area (Å²) in [6.07, 6.45) is 5.45. The Kier molecular flexibility index (Phi) is 8.66. The van der Waals surface area contributed by atoms with Crippen LogP contribution in [0.25, 0.3) is 0 Å². The van der Waals surface area contributed by atoms with Gasteiger partial charge in [0.1, 0.15) is 11.9 Å². The molecule has 2 atom stereocenters. The van der Waals surface area contributed by atoms with E-state index in [9.17, 15) is 0 Å². The van der Waals surface area contributed by atoms with Crippen molar-refractivity contribution in [1.82, 2.24) is 0 Å². The van der Waals surface area contributed by atoms with Crippen LogP contribution in [0.3, 0.4) is 0 Å². The monoisotopic (exact) mass is 418 g/mol. The normalized spacial score (nSPS) is 18.7. The molecule has 0 spiro atoms. The van der Waals surface area contributed by atoms with Crippen molar-refractivity contribution in [3.05, 3.63) is 52.5 Å². The van der Waals surface area contributed by atoms with Gasteiger partial charge in [-0.15, -0.1) is 0 Å². The summed E-state index contributed by atoms with van der Waals surface area (Å²) in [4.78, 5) is 0. The Hall–Kier alpha value is -2.60. The van der Waals surface area contributed by atoms with Crippen LogP contribution in [0.2, 0.25) is 0 Å². The lowest BCUT2D eigenvalue weighted by Gasteiger charge is -2.27. The van der Waals surface area contributed by atoms with E-state index in [1.807, 2.05) is 24.3 Å². The smallest absolute Gasteiger partial charge is 0.164 e. The maximum Gasteiger partial charge on any atom is 0.164 e. The second kappa shape index (κ2) is 11.0. The van der Waals surface area contributed by atoms with Crippen LogP contribution in [0, 0.1) is 5.92 Å². The molecule has 0 saturated heterocycles. The second-order valence-electron chi connectivity index (χ2n) is 7.06. The molecule has 0 saturated carbocycles. The Morgan fingerprint density at radius 2 is 1.43 bits per heavy atom. The SMILES string of the molecule is CC/C(=C1\C=C(OC)C(OC)=CC1OC)[C@H](C)Cc1cc(OC)c(OC)cc1OC. The fourth-order valence-corrected chi connectivity index (χ4v) is 3.94. The average Bonchev–Trinajstić information content (AvgIpc) is 2.78. The summed E-state index contributed by atoms with van der Waals surface area (Å²) in [5, 5.41) is 0. The highest BCUT2D eigenvalue weighted by molar-refractivity contribution is 5.51. The minimum Gasteiger partial charge on any atom is -0.496 e. The van der Waals surface area contributed by atoms with Gasteiger partial charge in [0.2, 0.25) is 0 Å². The van der Waals surface area contributed by atoms with Crippen molar-refractivity contribution in [2.75, 3.05) is 42.7 Å². The summed E-state index contributed by atoms with van der Waals surface area (Å²) >= 11 is 0. The lowest BCUT2D eigenvalue weighted by atomic mass is 9.84. The fourth-order valence-electron chi connectivity index (χ4n) is 3.94. The van der Waals surface area contributed by atoms with Gasteiger partial charge in [-0.05, 0) is 48.1 Å². The Morgan fingerprint density at radius 3 is 1.93 bits per heavy atom. The molecule has 6 heteroatoms. The van der Waals surface area contributed by atoms with Crippen molar-refractivity contribution < 1.29 is 28.4 Å². The van der Waals surface area contributed by atoms with Gasteiger partial charge >= 0.3 is 0 Å². The molecular formula is C24H34O6. The Labute approximate surface area is 180 Å². The Bertz CT molecular complexity index is 821. The van der Waals surface area contributed by atoms with Crippen molar-refractivity contribution in [3.63, 3.8) is 0 Å². The number of benzene rings is 1. The second-order valence-corrected chi connectivity index (χ2v) is 7.06. The van der Waals surface area contributed by atoms with Gasteiger partial charge in [-0.1, -0.05) is 19.4 Å². The number of ether oxygens (including phenoxy) is 6. The minimum absolute atomic E-state index is 0.191. The van der Waals surface area contributed by atoms with Crippen molar-refractivity contribution >= 4 is 0 Å². The Morgan fingerprint density at radius 1 is 0.833 bits per heavy atom. The van der Waals surface area contributed by atoms with Gasteiger partial charge in [-0.2, -0.15) is 0 Å². The van der Waals surface area contributed by atoms with Crippen molar-refractivity contribution in [3.8, 4) is 17.2 Å². The number of hydrogen-bond donors (Lipinski definition) is 0. The van der Waals surface area contributed by atoms with E-state index in [1.54, 1.807) is 42.7 Å². The zero-order valence-corrected chi connectivity index (χ0v) is 19.3. The number of hydrogen-bond acceptors (Lipinski definition) is 6. The number of allylic oxidation sites excluding steroid dienone is 1. The van der Waals surface area contributed by atoms with Gasteiger partial charge in [0.25, 0.3) is 0 Å². The highest BCUT2D eigenvalue weighted by atomic mass is 16.5. The maximum absolute atomic E-state index is 5.75. The van der Waals surface area contributed by atoms with E-state index in [-0.39, 0.29) is 12.0 Å². The van der Waals surface area contributed by atoms with Gasteiger partial charge in [-0.3, -0.25) is 0 Å². The van der Waals surface area contributed by atoms with Crippen molar-refractivity contribution in [1.29, 1.82) is 0 Å². The molecule has 1 aromatic carbocycles. The summed E-state index contributed by atoms with van der Waals surface area (Å²) in [6.45, 7) is 4.37. The third-order valence-corrected chi connectivity index (χ3v) is 5.49. The average molecular weight is 419 g/mol. The molecule has 30 heavy (non-hydrogen) atoms. The van der Waals surface area contributed by atoms with Crippen molar-refractivity contribution in [2.24, 2.45) is 5.92 Å². The molecule has 0 amide bonds. The third-order valence-electron chi connectivity index (χ3n) is 5.49. The lowest BCUT2D eigenvalue weighted by molar-refractivity contribution is 0.152. The largest absolute Gasteiger partial charge is 0.496 e. The molecule has 6 nitrogen and oxygen atoms in total. The summed E-state index contributed by atoms with van der Waals surface area (Å²) in [7, 11) is 9.91. The maximum atomic E-state index is 5.75.